The van der Waals surface area contributed by atoms with Gasteiger partial charge in [0, 0.05) is 5.69 Å². The van der Waals surface area contributed by atoms with Crippen LogP contribution in [0.5, 0.6) is 0 Å². The van der Waals surface area contributed by atoms with E-state index in [1.165, 1.54) is 36.9 Å². The molecule has 0 saturated carbocycles. The number of alkyl halides is 3. The Labute approximate surface area is 173 Å². The smallest absolute Gasteiger partial charge is 0.394 e. The third kappa shape index (κ3) is 5.57. The van der Waals surface area contributed by atoms with Gasteiger partial charge in [0.2, 0.25) is 0 Å². The summed E-state index contributed by atoms with van der Waals surface area (Å²) >= 11 is 0. The highest BCUT2D eigenvalue weighted by Crippen LogP contribution is 2.31. The standard InChI is InChI=1S/C19H17F3N6O3/c20-19(21,22)12-4-3-5-13(8-12)25-15-7-2-1-6-14(15)17(30)26-16(9-29)18(31)27-28-10-23-24-11-28/h1-8,10-11,16,25,29H,9H2,(H,26,30)(H,27,31). The molecule has 0 aliphatic rings. The number of carbonyl (C=O) groups excluding carboxylic acids is 2. The maximum absolute atomic E-state index is 12.9. The van der Waals surface area contributed by atoms with Crippen LogP contribution in [-0.2, 0) is 11.0 Å². The number of aromatic nitrogens is 3. The van der Waals surface area contributed by atoms with Crippen LogP contribution in [0.25, 0.3) is 0 Å². The third-order valence-electron chi connectivity index (χ3n) is 4.10. The van der Waals surface area contributed by atoms with E-state index in [9.17, 15) is 27.9 Å². The normalized spacial score (nSPS) is 12.1. The van der Waals surface area contributed by atoms with Crippen molar-refractivity contribution in [2.45, 2.75) is 12.2 Å². The van der Waals surface area contributed by atoms with Gasteiger partial charge in [-0.25, -0.2) is 4.68 Å². The second-order valence-corrected chi connectivity index (χ2v) is 6.30. The molecule has 4 N–H and O–H groups in total. The number of benzene rings is 2. The van der Waals surface area contributed by atoms with Crippen LogP contribution in [0, 0.1) is 0 Å². The number of nitrogens with one attached hydrogen (secondary N) is 3. The summed E-state index contributed by atoms with van der Waals surface area (Å²) in [6, 6.07) is 9.29. The van der Waals surface area contributed by atoms with E-state index in [4.69, 9.17) is 0 Å². The molecule has 3 rings (SSSR count). The van der Waals surface area contributed by atoms with Crippen LogP contribution < -0.4 is 16.1 Å². The van der Waals surface area contributed by atoms with E-state index >= 15 is 0 Å². The average molecular weight is 434 g/mol. The first-order valence-corrected chi connectivity index (χ1v) is 8.88. The van der Waals surface area contributed by atoms with Gasteiger partial charge in [0.05, 0.1) is 23.4 Å². The van der Waals surface area contributed by atoms with Crippen LogP contribution in [0.4, 0.5) is 24.5 Å². The highest BCUT2D eigenvalue weighted by atomic mass is 19.4. The van der Waals surface area contributed by atoms with Gasteiger partial charge in [-0.15, -0.1) is 10.2 Å². The van der Waals surface area contributed by atoms with E-state index in [0.717, 1.165) is 16.8 Å². The van der Waals surface area contributed by atoms with Gasteiger partial charge in [-0.1, -0.05) is 18.2 Å². The van der Waals surface area contributed by atoms with Gasteiger partial charge < -0.3 is 15.7 Å². The monoisotopic (exact) mass is 434 g/mol. The summed E-state index contributed by atoms with van der Waals surface area (Å²) in [5.74, 6) is -1.44. The van der Waals surface area contributed by atoms with E-state index in [1.807, 2.05) is 0 Å². The molecule has 3 aromatic rings. The first kappa shape index (κ1) is 21.8. The minimum Gasteiger partial charge on any atom is -0.394 e. The Kier molecular flexibility index (Phi) is 6.50. The van der Waals surface area contributed by atoms with Crippen molar-refractivity contribution < 1.29 is 27.9 Å². The number of amides is 2. The second-order valence-electron chi connectivity index (χ2n) is 6.30. The van der Waals surface area contributed by atoms with Gasteiger partial charge >= 0.3 is 6.18 Å². The number of rotatable bonds is 7. The molecule has 1 heterocycles. The molecule has 2 aromatic carbocycles. The summed E-state index contributed by atoms with van der Waals surface area (Å²) in [6.07, 6.45) is -2.09. The van der Waals surface area contributed by atoms with Crippen molar-refractivity contribution in [1.82, 2.24) is 20.2 Å². The molecule has 0 radical (unpaired) electrons. The molecule has 0 saturated heterocycles. The topological polar surface area (TPSA) is 121 Å². The molecule has 0 aliphatic heterocycles. The van der Waals surface area contributed by atoms with Crippen molar-refractivity contribution in [3.63, 3.8) is 0 Å². The molecule has 1 unspecified atom stereocenters. The zero-order valence-electron chi connectivity index (χ0n) is 15.8. The molecular formula is C19H17F3N6O3. The molecule has 31 heavy (non-hydrogen) atoms. The molecule has 9 nitrogen and oxygen atoms in total. The fraction of sp³-hybridized carbons (Fsp3) is 0.158. The number of aliphatic hydroxyl groups is 1. The summed E-state index contributed by atoms with van der Waals surface area (Å²) in [4.78, 5) is 24.9. The van der Waals surface area contributed by atoms with Crippen LogP contribution in [0.1, 0.15) is 15.9 Å². The predicted octanol–water partition coefficient (Wildman–Crippen LogP) is 1.90. The minimum atomic E-state index is -4.51. The molecule has 12 heteroatoms. The van der Waals surface area contributed by atoms with Crippen LogP contribution in [0.15, 0.2) is 61.2 Å². The predicted molar refractivity (Wildman–Crippen MR) is 104 cm³/mol. The van der Waals surface area contributed by atoms with E-state index in [2.05, 4.69) is 26.3 Å². The number of anilines is 2. The molecule has 2 amide bonds. The Balaban J connectivity index is 1.76. The lowest BCUT2D eigenvalue weighted by Gasteiger charge is -2.18. The first-order valence-electron chi connectivity index (χ1n) is 8.88. The fourth-order valence-corrected chi connectivity index (χ4v) is 2.61. The van der Waals surface area contributed by atoms with Gasteiger partial charge in [-0.2, -0.15) is 13.2 Å². The summed E-state index contributed by atoms with van der Waals surface area (Å²) in [7, 11) is 0. The van der Waals surface area contributed by atoms with Crippen molar-refractivity contribution in [1.29, 1.82) is 0 Å². The average Bonchev–Trinajstić information content (AvgIpc) is 3.24. The molecule has 1 atom stereocenters. The van der Waals surface area contributed by atoms with E-state index in [1.54, 1.807) is 12.1 Å². The Morgan fingerprint density at radius 3 is 2.45 bits per heavy atom. The highest BCUT2D eigenvalue weighted by Gasteiger charge is 2.30. The first-order chi connectivity index (χ1) is 14.8. The molecule has 0 spiro atoms. The van der Waals surface area contributed by atoms with Crippen LogP contribution in [0.3, 0.4) is 0 Å². The molecular weight excluding hydrogens is 417 g/mol. The van der Waals surface area contributed by atoms with Crippen molar-refractivity contribution in [3.05, 3.63) is 72.3 Å². The van der Waals surface area contributed by atoms with Gasteiger partial charge in [0.1, 0.15) is 18.7 Å². The molecule has 0 bridgehead atoms. The lowest BCUT2D eigenvalue weighted by atomic mass is 10.1. The van der Waals surface area contributed by atoms with Crippen molar-refractivity contribution >= 4 is 23.2 Å². The molecule has 162 valence electrons. The number of para-hydroxylation sites is 1. The lowest BCUT2D eigenvalue weighted by molar-refractivity contribution is -0.137. The molecule has 0 fully saturated rings. The molecule has 1 aromatic heterocycles. The minimum absolute atomic E-state index is 0.0652. The number of hydrogen-bond acceptors (Lipinski definition) is 6. The summed E-state index contributed by atoms with van der Waals surface area (Å²) in [5.41, 5.74) is 1.93. The summed E-state index contributed by atoms with van der Waals surface area (Å²) in [5, 5.41) is 21.7. The quantitative estimate of drug-likeness (QED) is 0.451. The van der Waals surface area contributed by atoms with E-state index in [-0.39, 0.29) is 16.9 Å². The van der Waals surface area contributed by atoms with E-state index in [0.29, 0.717) is 0 Å². The van der Waals surface area contributed by atoms with Gasteiger partial charge in [0.15, 0.2) is 0 Å². The SMILES string of the molecule is O=C(NC(CO)C(=O)Nn1cnnc1)c1ccccc1Nc1cccc(C(F)(F)F)c1. The fourth-order valence-electron chi connectivity index (χ4n) is 2.61. The van der Waals surface area contributed by atoms with Crippen molar-refractivity contribution in [2.24, 2.45) is 0 Å². The number of carbonyl (C=O) groups is 2. The molecule has 0 aliphatic carbocycles. The number of nitrogens with zero attached hydrogens (tertiary/aromatic N) is 3. The summed E-state index contributed by atoms with van der Waals surface area (Å²) in [6.45, 7) is -0.692. The van der Waals surface area contributed by atoms with Gasteiger partial charge in [-0.3, -0.25) is 15.0 Å². The Hall–Kier alpha value is -3.93. The van der Waals surface area contributed by atoms with Crippen LogP contribution >= 0.6 is 0 Å². The zero-order chi connectivity index (χ0) is 22.4. The second kappa shape index (κ2) is 9.26. The maximum Gasteiger partial charge on any atom is 0.416 e. The highest BCUT2D eigenvalue weighted by molar-refractivity contribution is 6.03. The Morgan fingerprint density at radius 1 is 1.06 bits per heavy atom. The third-order valence-corrected chi connectivity index (χ3v) is 4.10. The van der Waals surface area contributed by atoms with Gasteiger partial charge in [0.25, 0.3) is 11.8 Å². The number of hydrogen-bond donors (Lipinski definition) is 4. The largest absolute Gasteiger partial charge is 0.416 e. The lowest BCUT2D eigenvalue weighted by Crippen LogP contribution is -2.48. The summed E-state index contributed by atoms with van der Waals surface area (Å²) < 4.78 is 40.0. The van der Waals surface area contributed by atoms with Crippen molar-refractivity contribution in [3.8, 4) is 0 Å². The van der Waals surface area contributed by atoms with Crippen LogP contribution in [-0.4, -0.2) is 44.4 Å². The number of halogens is 3. The van der Waals surface area contributed by atoms with Crippen molar-refractivity contribution in [2.75, 3.05) is 17.3 Å². The Bertz CT molecular complexity index is 1060. The maximum atomic E-state index is 12.9. The Morgan fingerprint density at radius 2 is 1.77 bits per heavy atom. The van der Waals surface area contributed by atoms with Gasteiger partial charge in [-0.05, 0) is 30.3 Å². The van der Waals surface area contributed by atoms with E-state index < -0.39 is 36.2 Å². The zero-order valence-corrected chi connectivity index (χ0v) is 15.8. The number of aliphatic hydroxyl groups excluding tert-OH is 1. The van der Waals surface area contributed by atoms with Crippen LogP contribution in [0.2, 0.25) is 0 Å².